The number of benzene rings is 1. The molecule has 0 fully saturated rings. The van der Waals surface area contributed by atoms with Crippen LogP contribution in [0.1, 0.15) is 69.8 Å². The Balaban J connectivity index is 0.00000178. The van der Waals surface area contributed by atoms with Gasteiger partial charge in [-0.15, -0.1) is 0 Å². The van der Waals surface area contributed by atoms with Crippen molar-refractivity contribution in [1.29, 1.82) is 0 Å². The molecule has 2 aromatic heterocycles. The molecule has 0 saturated heterocycles. The molecule has 0 aliphatic rings. The number of ether oxygens (including phenoxy) is 1. The zero-order chi connectivity index (χ0) is 29.7. The van der Waals surface area contributed by atoms with Crippen LogP contribution in [0.4, 0.5) is 4.39 Å². The van der Waals surface area contributed by atoms with Gasteiger partial charge in [-0.2, -0.15) is 5.10 Å². The van der Waals surface area contributed by atoms with Gasteiger partial charge < -0.3 is 10.1 Å². The zero-order valence-electron chi connectivity index (χ0n) is 23.6. The molecule has 0 aliphatic carbocycles. The third-order valence-electron chi connectivity index (χ3n) is 5.72. The van der Waals surface area contributed by atoms with Crippen molar-refractivity contribution in [1.82, 2.24) is 20.1 Å². The third kappa shape index (κ3) is 8.54. The lowest BCUT2D eigenvalue weighted by atomic mass is 10.0. The maximum atomic E-state index is 13.4. The maximum Gasteiger partial charge on any atom is 0.306 e. The van der Waals surface area contributed by atoms with Gasteiger partial charge in [-0.1, -0.05) is 39.8 Å². The average Bonchev–Trinajstić information content (AvgIpc) is 3.39. The second-order valence-electron chi connectivity index (χ2n) is 8.68. The molecule has 0 aliphatic heterocycles. The fourth-order valence-electron chi connectivity index (χ4n) is 3.76. The lowest BCUT2D eigenvalue weighted by molar-refractivity contribution is -0.140. The molecule has 2 atom stereocenters. The summed E-state index contributed by atoms with van der Waals surface area (Å²) in [6.07, 6.45) is 8.24. The molecule has 214 valence electrons. The third-order valence-corrected chi connectivity index (χ3v) is 6.99. The molecular formula is C30H37FN4O4S. The molecule has 0 bridgehead atoms. The largest absolute Gasteiger partial charge is 0.469 e. The van der Waals surface area contributed by atoms with E-state index in [0.717, 1.165) is 5.56 Å². The van der Waals surface area contributed by atoms with E-state index in [9.17, 15) is 18.2 Å². The fourth-order valence-corrected chi connectivity index (χ4v) is 4.77. The summed E-state index contributed by atoms with van der Waals surface area (Å²) < 4.78 is 32.2. The minimum atomic E-state index is -1.49. The summed E-state index contributed by atoms with van der Waals surface area (Å²) in [6, 6.07) is 8.93. The van der Waals surface area contributed by atoms with Crippen molar-refractivity contribution in [2.45, 2.75) is 58.0 Å². The molecule has 0 saturated carbocycles. The van der Waals surface area contributed by atoms with E-state index in [1.807, 2.05) is 6.92 Å². The number of pyridine rings is 1. The van der Waals surface area contributed by atoms with Crippen molar-refractivity contribution < 1.29 is 22.9 Å². The fraction of sp³-hybridized carbons (Fsp3) is 0.333. The average molecular weight is 569 g/mol. The minimum Gasteiger partial charge on any atom is -0.469 e. The second kappa shape index (κ2) is 16.2. The number of hydrogen-bond acceptors (Lipinski definition) is 6. The van der Waals surface area contributed by atoms with Gasteiger partial charge in [0.1, 0.15) is 10.8 Å². The summed E-state index contributed by atoms with van der Waals surface area (Å²) in [5.41, 5.74) is 2.95. The van der Waals surface area contributed by atoms with Crippen molar-refractivity contribution in [3.8, 4) is 5.69 Å². The summed E-state index contributed by atoms with van der Waals surface area (Å²) in [5, 5.41) is 7.76. The first-order chi connectivity index (χ1) is 19.2. The van der Waals surface area contributed by atoms with Crippen LogP contribution in [-0.2, 0) is 25.1 Å². The van der Waals surface area contributed by atoms with Gasteiger partial charge >= 0.3 is 5.97 Å². The highest BCUT2D eigenvalue weighted by Crippen LogP contribution is 2.26. The van der Waals surface area contributed by atoms with E-state index in [0.29, 0.717) is 34.0 Å². The van der Waals surface area contributed by atoms with Crippen LogP contribution in [0.2, 0.25) is 0 Å². The topological polar surface area (TPSA) is 103 Å². The van der Waals surface area contributed by atoms with Crippen molar-refractivity contribution in [3.63, 3.8) is 0 Å². The van der Waals surface area contributed by atoms with Gasteiger partial charge in [-0.05, 0) is 61.4 Å². The van der Waals surface area contributed by atoms with Crippen LogP contribution in [0, 0.1) is 5.82 Å². The smallest absolute Gasteiger partial charge is 0.306 e. The van der Waals surface area contributed by atoms with Crippen LogP contribution >= 0.6 is 0 Å². The summed E-state index contributed by atoms with van der Waals surface area (Å²) in [4.78, 5) is 28.9. The van der Waals surface area contributed by atoms with E-state index in [4.69, 9.17) is 0 Å². The van der Waals surface area contributed by atoms with E-state index in [1.165, 1.54) is 31.9 Å². The van der Waals surface area contributed by atoms with Crippen LogP contribution in [0.3, 0.4) is 0 Å². The first kappa shape index (κ1) is 32.3. The van der Waals surface area contributed by atoms with Crippen LogP contribution < -0.4 is 5.32 Å². The number of esters is 1. The Hall–Kier alpha value is -3.92. The van der Waals surface area contributed by atoms with Gasteiger partial charge in [0.15, 0.2) is 0 Å². The Bertz CT molecular complexity index is 1350. The van der Waals surface area contributed by atoms with Crippen molar-refractivity contribution in [3.05, 3.63) is 84.1 Å². The Morgan fingerprint density at radius 3 is 2.45 bits per heavy atom. The van der Waals surface area contributed by atoms with Gasteiger partial charge in [-0.3, -0.25) is 13.8 Å². The number of rotatable bonds is 11. The van der Waals surface area contributed by atoms with Gasteiger partial charge in [0.25, 0.3) is 5.91 Å². The molecular weight excluding hydrogens is 531 g/mol. The van der Waals surface area contributed by atoms with Crippen LogP contribution in [0.5, 0.6) is 0 Å². The number of halogens is 1. The Labute approximate surface area is 237 Å². The molecule has 0 spiro atoms. The molecule has 1 N–H and O–H groups in total. The first-order valence-electron chi connectivity index (χ1n) is 13.1. The summed E-state index contributed by atoms with van der Waals surface area (Å²) >= 11 is 0. The van der Waals surface area contributed by atoms with E-state index >= 15 is 0 Å². The van der Waals surface area contributed by atoms with Crippen molar-refractivity contribution in [2.24, 2.45) is 0 Å². The molecule has 1 aromatic carbocycles. The molecule has 40 heavy (non-hydrogen) atoms. The molecule has 0 radical (unpaired) electrons. The number of carbonyl (C=O) groups excluding carboxylic acids is 2. The van der Waals surface area contributed by atoms with Crippen LogP contribution in [0.15, 0.2) is 66.5 Å². The predicted octanol–water partition coefficient (Wildman–Crippen LogP) is 5.81. The minimum absolute atomic E-state index is 0.0187. The number of nitrogens with one attached hydrogen (secondary N) is 1. The highest BCUT2D eigenvalue weighted by molar-refractivity contribution is 7.85. The molecule has 2 unspecified atom stereocenters. The summed E-state index contributed by atoms with van der Waals surface area (Å²) in [7, 11) is -0.209. The lowest BCUT2D eigenvalue weighted by Gasteiger charge is -2.19. The monoisotopic (exact) mass is 568 g/mol. The SMILES string of the molecule is C=Cc1c(/C(=C\C)C(=O)NC(CC)c2ccnc(S(=O)CCC(=O)OC)c2)cnn1-c1ccc(F)cc1.CCC. The molecule has 1 amide bonds. The lowest BCUT2D eigenvalue weighted by Crippen LogP contribution is -2.29. The van der Waals surface area contributed by atoms with Gasteiger partial charge in [0.05, 0.1) is 48.0 Å². The molecule has 3 rings (SSSR count). The molecule has 2 heterocycles. The van der Waals surface area contributed by atoms with Crippen LogP contribution in [0.25, 0.3) is 17.3 Å². The highest BCUT2D eigenvalue weighted by atomic mass is 32.2. The number of hydrogen-bond donors (Lipinski definition) is 1. The van der Waals surface area contributed by atoms with Crippen molar-refractivity contribution >= 4 is 34.3 Å². The summed E-state index contributed by atoms with van der Waals surface area (Å²) in [6.45, 7) is 11.8. The van der Waals surface area contributed by atoms with E-state index < -0.39 is 16.8 Å². The number of allylic oxidation sites excluding steroid dienone is 1. The number of amides is 1. The van der Waals surface area contributed by atoms with E-state index in [1.54, 1.807) is 54.2 Å². The molecule has 10 heteroatoms. The second-order valence-corrected chi connectivity index (χ2v) is 10.2. The maximum absolute atomic E-state index is 13.4. The van der Waals surface area contributed by atoms with Gasteiger partial charge in [0.2, 0.25) is 0 Å². The number of nitrogens with zero attached hydrogens (tertiary/aromatic N) is 3. The Morgan fingerprint density at radius 1 is 1.20 bits per heavy atom. The standard InChI is InChI=1S/C27H29FN4O4S.C3H8/c1-5-21(22-17-30-32(24(22)7-3)20-10-8-19(28)9-11-20)27(34)31-23(6-2)18-12-14-29-25(16-18)37(35)15-13-26(33)36-4;1-3-2/h5,7-12,14,16-17,23H,3,6,13,15H2,1-2,4H3,(H,31,34);3H2,1-2H3/b21-5+;. The van der Waals surface area contributed by atoms with Crippen molar-refractivity contribution in [2.75, 3.05) is 12.9 Å². The number of carbonyl (C=O) groups is 2. The Kier molecular flexibility index (Phi) is 13.1. The summed E-state index contributed by atoms with van der Waals surface area (Å²) in [5.74, 6) is -1.02. The van der Waals surface area contributed by atoms with Gasteiger partial charge in [0, 0.05) is 23.1 Å². The molecule has 3 aromatic rings. The molecule has 8 nitrogen and oxygen atoms in total. The number of methoxy groups -OCH3 is 1. The predicted molar refractivity (Wildman–Crippen MR) is 157 cm³/mol. The van der Waals surface area contributed by atoms with E-state index in [-0.39, 0.29) is 29.9 Å². The first-order valence-corrected chi connectivity index (χ1v) is 14.4. The highest BCUT2D eigenvalue weighted by Gasteiger charge is 2.22. The zero-order valence-corrected chi connectivity index (χ0v) is 24.5. The normalized spacial score (nSPS) is 12.5. The Morgan fingerprint density at radius 2 is 1.88 bits per heavy atom. The quantitative estimate of drug-likeness (QED) is 0.231. The number of aromatic nitrogens is 3. The van der Waals surface area contributed by atoms with Gasteiger partial charge in [-0.25, -0.2) is 14.1 Å². The van der Waals surface area contributed by atoms with E-state index in [2.05, 4.69) is 40.6 Å². The van der Waals surface area contributed by atoms with Crippen LogP contribution in [-0.4, -0.2) is 43.7 Å².